The third-order valence-electron chi connectivity index (χ3n) is 4.77. The van der Waals surface area contributed by atoms with Crippen LogP contribution in [-0.4, -0.2) is 37.6 Å². The number of aromatic nitrogens is 1. The number of amides is 1. The maximum atomic E-state index is 11.7. The van der Waals surface area contributed by atoms with Gasteiger partial charge in [-0.2, -0.15) is 0 Å². The van der Waals surface area contributed by atoms with E-state index in [0.29, 0.717) is 10.8 Å². The number of halogens is 1. The van der Waals surface area contributed by atoms with Gasteiger partial charge in [0.05, 0.1) is 5.02 Å². The minimum absolute atomic E-state index is 0.210. The monoisotopic (exact) mass is 352 g/mol. The van der Waals surface area contributed by atoms with Crippen molar-refractivity contribution in [3.8, 4) is 5.75 Å². The number of carbonyl (C=O) groups is 1. The summed E-state index contributed by atoms with van der Waals surface area (Å²) in [5.74, 6) is 0.394. The van der Waals surface area contributed by atoms with Crippen LogP contribution < -0.4 is 4.74 Å². The maximum Gasteiger partial charge on any atom is 0.414 e. The second-order valence-corrected chi connectivity index (χ2v) is 13.0. The number of fused-ring (bicyclic) bond motifs is 1. The van der Waals surface area contributed by atoms with E-state index in [1.807, 2.05) is 12.1 Å². The molecule has 0 N–H and O–H groups in total. The molecular formula is C17H25ClN2O2Si. The molecule has 0 fully saturated rings. The summed E-state index contributed by atoms with van der Waals surface area (Å²) in [6.45, 7) is 11.5. The Morgan fingerprint density at radius 3 is 2.35 bits per heavy atom. The van der Waals surface area contributed by atoms with Crippen molar-refractivity contribution < 1.29 is 9.53 Å². The highest BCUT2D eigenvalue weighted by atomic mass is 35.5. The highest BCUT2D eigenvalue weighted by Gasteiger charge is 2.38. The van der Waals surface area contributed by atoms with E-state index >= 15 is 0 Å². The molecule has 0 aliphatic rings. The van der Waals surface area contributed by atoms with Gasteiger partial charge in [0.25, 0.3) is 0 Å². The first-order valence-electron chi connectivity index (χ1n) is 7.66. The van der Waals surface area contributed by atoms with Crippen molar-refractivity contribution in [1.29, 1.82) is 0 Å². The third kappa shape index (κ3) is 3.12. The summed E-state index contributed by atoms with van der Waals surface area (Å²) in [6.07, 6.45) is 1.67. The van der Waals surface area contributed by atoms with E-state index in [-0.39, 0.29) is 5.04 Å². The van der Waals surface area contributed by atoms with Crippen LogP contribution in [0.5, 0.6) is 5.75 Å². The van der Waals surface area contributed by atoms with Crippen molar-refractivity contribution in [3.63, 3.8) is 0 Å². The van der Waals surface area contributed by atoms with Crippen molar-refractivity contribution in [2.45, 2.75) is 38.9 Å². The minimum Gasteiger partial charge on any atom is -0.409 e. The molecule has 2 aromatic rings. The van der Waals surface area contributed by atoms with E-state index in [4.69, 9.17) is 16.3 Å². The van der Waals surface area contributed by atoms with Gasteiger partial charge in [0.2, 0.25) is 0 Å². The van der Waals surface area contributed by atoms with E-state index < -0.39 is 14.3 Å². The van der Waals surface area contributed by atoms with Gasteiger partial charge in [-0.25, -0.2) is 4.79 Å². The first kappa shape index (κ1) is 17.9. The van der Waals surface area contributed by atoms with Gasteiger partial charge in [-0.1, -0.05) is 45.5 Å². The van der Waals surface area contributed by atoms with Gasteiger partial charge in [-0.15, -0.1) is 0 Å². The molecule has 1 aromatic carbocycles. The molecule has 126 valence electrons. The Morgan fingerprint density at radius 1 is 1.22 bits per heavy atom. The summed E-state index contributed by atoms with van der Waals surface area (Å²) in [5.41, 5.74) is 1.09. The van der Waals surface area contributed by atoms with Gasteiger partial charge in [0, 0.05) is 25.0 Å². The van der Waals surface area contributed by atoms with E-state index in [0.717, 1.165) is 10.9 Å². The number of rotatable bonds is 2. The number of hydrogen-bond donors (Lipinski definition) is 0. The van der Waals surface area contributed by atoms with E-state index in [9.17, 15) is 4.79 Å². The summed E-state index contributed by atoms with van der Waals surface area (Å²) >= 11 is 6.47. The topological polar surface area (TPSA) is 34.5 Å². The predicted octanol–water partition coefficient (Wildman–Crippen LogP) is 5.21. The maximum absolute atomic E-state index is 11.7. The zero-order chi connectivity index (χ0) is 17.6. The first-order valence-corrected chi connectivity index (χ1v) is 11.0. The molecule has 0 saturated carbocycles. The zero-order valence-corrected chi connectivity index (χ0v) is 16.7. The summed E-state index contributed by atoms with van der Waals surface area (Å²) in [7, 11) is 1.54. The molecule has 0 saturated heterocycles. The van der Waals surface area contributed by atoms with Crippen LogP contribution in [0.3, 0.4) is 0 Å². The molecule has 1 heterocycles. The van der Waals surface area contributed by atoms with Crippen LogP contribution in [-0.2, 0) is 0 Å². The van der Waals surface area contributed by atoms with Gasteiger partial charge < -0.3 is 13.9 Å². The Hall–Kier alpha value is -1.46. The molecular weight excluding hydrogens is 328 g/mol. The highest BCUT2D eigenvalue weighted by molar-refractivity contribution is 6.79. The van der Waals surface area contributed by atoms with Crippen molar-refractivity contribution in [1.82, 2.24) is 9.13 Å². The predicted molar refractivity (Wildman–Crippen MR) is 99.3 cm³/mol. The van der Waals surface area contributed by atoms with Crippen LogP contribution in [0.2, 0.25) is 23.2 Å². The van der Waals surface area contributed by atoms with Crippen LogP contribution in [0.15, 0.2) is 24.4 Å². The lowest BCUT2D eigenvalue weighted by Crippen LogP contribution is -2.44. The summed E-state index contributed by atoms with van der Waals surface area (Å²) in [6, 6.07) is 5.76. The molecule has 0 radical (unpaired) electrons. The molecule has 2 rings (SSSR count). The molecule has 4 nitrogen and oxygen atoms in total. The molecule has 23 heavy (non-hydrogen) atoms. The smallest absolute Gasteiger partial charge is 0.409 e. The lowest BCUT2D eigenvalue weighted by Gasteiger charge is -2.38. The van der Waals surface area contributed by atoms with Crippen LogP contribution in [0.1, 0.15) is 20.8 Å². The number of ether oxygens (including phenoxy) is 1. The molecule has 1 amide bonds. The summed E-state index contributed by atoms with van der Waals surface area (Å²) in [5, 5.41) is 1.61. The fourth-order valence-corrected chi connectivity index (χ4v) is 4.50. The zero-order valence-electron chi connectivity index (χ0n) is 14.9. The Bertz CT molecular complexity index is 745. The standard InChI is InChI=1S/C17H25ClN2O2Si/c1-17(2,3)23(6,7)20-11-10-12-13(20)8-9-14(15(12)18)22-16(21)19(4)5/h8-11H,1-7H3. The van der Waals surface area contributed by atoms with Crippen molar-refractivity contribution >= 4 is 36.8 Å². The van der Waals surface area contributed by atoms with Gasteiger partial charge in [-0.05, 0) is 29.4 Å². The Balaban J connectivity index is 2.53. The normalized spacial score (nSPS) is 12.5. The average molecular weight is 353 g/mol. The summed E-state index contributed by atoms with van der Waals surface area (Å²) in [4.78, 5) is 13.1. The molecule has 0 aliphatic carbocycles. The SMILES string of the molecule is CN(C)C(=O)Oc1ccc2c(ccn2[Si](C)(C)C(C)(C)C)c1Cl. The molecule has 0 unspecified atom stereocenters. The first-order chi connectivity index (χ1) is 10.5. The fourth-order valence-electron chi connectivity index (χ4n) is 2.27. The third-order valence-corrected chi connectivity index (χ3v) is 10.4. The summed E-state index contributed by atoms with van der Waals surface area (Å²) < 4.78 is 7.70. The van der Waals surface area contributed by atoms with Crippen molar-refractivity contribution in [2.75, 3.05) is 14.1 Å². The molecule has 6 heteroatoms. The van der Waals surface area contributed by atoms with Crippen LogP contribution in [0, 0.1) is 0 Å². The second-order valence-electron chi connectivity index (χ2n) is 7.57. The molecule has 1 aromatic heterocycles. The van der Waals surface area contributed by atoms with E-state index in [2.05, 4.69) is 44.3 Å². The second kappa shape index (κ2) is 5.87. The molecule has 0 aliphatic heterocycles. The lowest BCUT2D eigenvalue weighted by molar-refractivity contribution is 0.172. The van der Waals surface area contributed by atoms with Crippen molar-refractivity contribution in [3.05, 3.63) is 29.4 Å². The highest BCUT2D eigenvalue weighted by Crippen LogP contribution is 2.41. The Kier molecular flexibility index (Phi) is 4.57. The molecule has 0 bridgehead atoms. The van der Waals surface area contributed by atoms with Crippen molar-refractivity contribution in [2.24, 2.45) is 0 Å². The number of hydrogen-bond acceptors (Lipinski definition) is 2. The fraction of sp³-hybridized carbons (Fsp3) is 0.471. The molecule has 0 spiro atoms. The van der Waals surface area contributed by atoms with Gasteiger partial charge in [0.15, 0.2) is 14.0 Å². The quantitative estimate of drug-likeness (QED) is 0.695. The molecule has 0 atom stereocenters. The van der Waals surface area contributed by atoms with Crippen LogP contribution in [0.25, 0.3) is 10.9 Å². The van der Waals surface area contributed by atoms with Gasteiger partial charge >= 0.3 is 6.09 Å². The van der Waals surface area contributed by atoms with Crippen LogP contribution >= 0.6 is 11.6 Å². The van der Waals surface area contributed by atoms with E-state index in [1.54, 1.807) is 20.2 Å². The van der Waals surface area contributed by atoms with Gasteiger partial charge in [0.1, 0.15) is 0 Å². The van der Waals surface area contributed by atoms with Crippen LogP contribution in [0.4, 0.5) is 4.79 Å². The minimum atomic E-state index is -1.74. The lowest BCUT2D eigenvalue weighted by atomic mass is 10.2. The number of carbonyl (C=O) groups excluding carboxylic acids is 1. The van der Waals surface area contributed by atoms with E-state index in [1.165, 1.54) is 4.90 Å². The average Bonchev–Trinajstić information content (AvgIpc) is 2.85. The Morgan fingerprint density at radius 2 is 1.83 bits per heavy atom. The largest absolute Gasteiger partial charge is 0.414 e. The number of nitrogens with zero attached hydrogens (tertiary/aromatic N) is 2. The number of benzene rings is 1. The Labute approximate surface area is 144 Å². The van der Waals surface area contributed by atoms with Gasteiger partial charge in [-0.3, -0.25) is 0 Å².